The number of halogens is 6. The van der Waals surface area contributed by atoms with Gasteiger partial charge in [-0.2, -0.15) is 13.2 Å². The first-order valence-electron chi connectivity index (χ1n) is 10.4. The lowest BCUT2D eigenvalue weighted by Gasteiger charge is -2.37. The second kappa shape index (κ2) is 9.57. The summed E-state index contributed by atoms with van der Waals surface area (Å²) in [6.45, 7) is 0.209. The summed E-state index contributed by atoms with van der Waals surface area (Å²) < 4.78 is 87.8. The van der Waals surface area contributed by atoms with E-state index in [0.717, 1.165) is 30.0 Å². The zero-order valence-electron chi connectivity index (χ0n) is 18.1. The summed E-state index contributed by atoms with van der Waals surface area (Å²) in [5.74, 6) is -7.66. The first-order valence-corrected chi connectivity index (χ1v) is 11.4. The SMILES string of the molecule is CC(F)(F)[C@H]1OC[C@]2(c3cc(NC(F)=C(F)F)ccc3F)N=C(NC(=O)c3ccccc3)SCC12. The fraction of sp³-hybridized carbons (Fsp3) is 0.304. The highest BCUT2D eigenvalue weighted by atomic mass is 32.2. The summed E-state index contributed by atoms with van der Waals surface area (Å²) in [4.78, 5) is 17.1. The van der Waals surface area contributed by atoms with Gasteiger partial charge in [-0.25, -0.2) is 18.2 Å². The molecule has 2 aromatic carbocycles. The number of anilines is 1. The molecule has 2 heterocycles. The standard InChI is InChI=1S/C23H19F6N3O2S/c1-22(28,29)17-15-10-35-21(31-20(33)12-5-3-2-4-6-12)32-23(15,11-34-17)14-9-13(7-8-16(14)24)30-19(27)18(25)26/h2-9,15,17,30H,10-11H2,1H3,(H,31,32,33)/t15?,17-,23+/m0/s1. The third kappa shape index (κ3) is 5.03. The Bertz CT molecular complexity index is 1180. The molecule has 1 fully saturated rings. The number of alkyl halides is 2. The topological polar surface area (TPSA) is 62.7 Å². The van der Waals surface area contributed by atoms with Crippen LogP contribution in [0.1, 0.15) is 22.8 Å². The largest absolute Gasteiger partial charge is 0.369 e. The van der Waals surface area contributed by atoms with Crippen LogP contribution in [-0.2, 0) is 10.3 Å². The highest BCUT2D eigenvalue weighted by Gasteiger charge is 2.60. The molecule has 0 aliphatic carbocycles. The van der Waals surface area contributed by atoms with Crippen molar-refractivity contribution in [3.05, 3.63) is 77.5 Å². The van der Waals surface area contributed by atoms with Gasteiger partial charge >= 0.3 is 6.08 Å². The van der Waals surface area contributed by atoms with Crippen molar-refractivity contribution in [2.45, 2.75) is 24.5 Å². The molecule has 2 N–H and O–H groups in total. The van der Waals surface area contributed by atoms with E-state index < -0.39 is 53.8 Å². The van der Waals surface area contributed by atoms with Crippen LogP contribution in [-0.4, -0.2) is 35.5 Å². The van der Waals surface area contributed by atoms with Crippen molar-refractivity contribution in [1.82, 2.24) is 5.32 Å². The molecule has 2 aliphatic rings. The van der Waals surface area contributed by atoms with Gasteiger partial charge in [-0.05, 0) is 30.3 Å². The molecule has 4 rings (SSSR count). The van der Waals surface area contributed by atoms with E-state index in [1.165, 1.54) is 0 Å². The second-order valence-corrected chi connectivity index (χ2v) is 9.17. The van der Waals surface area contributed by atoms with Crippen molar-refractivity contribution < 1.29 is 35.9 Å². The van der Waals surface area contributed by atoms with Crippen LogP contribution in [0.15, 0.2) is 65.6 Å². The van der Waals surface area contributed by atoms with Gasteiger partial charge in [0.2, 0.25) is 0 Å². The summed E-state index contributed by atoms with van der Waals surface area (Å²) in [5, 5.41) is 4.47. The second-order valence-electron chi connectivity index (χ2n) is 8.16. The number of amides is 1. The molecule has 186 valence electrons. The summed E-state index contributed by atoms with van der Waals surface area (Å²) in [7, 11) is 0. The van der Waals surface area contributed by atoms with Gasteiger partial charge < -0.3 is 15.4 Å². The molecular weight excluding hydrogens is 496 g/mol. The number of amidine groups is 1. The third-order valence-corrected chi connectivity index (χ3v) is 6.76. The molecule has 1 unspecified atom stereocenters. The molecule has 1 saturated heterocycles. The Morgan fingerprint density at radius 2 is 1.86 bits per heavy atom. The Labute approximate surface area is 200 Å². The summed E-state index contributed by atoms with van der Waals surface area (Å²) >= 11 is 1.00. The van der Waals surface area contributed by atoms with Crippen LogP contribution in [0.5, 0.6) is 0 Å². The molecule has 1 amide bonds. The number of carbonyl (C=O) groups excluding carboxylic acids is 1. The maximum Gasteiger partial charge on any atom is 0.322 e. The fourth-order valence-electron chi connectivity index (χ4n) is 4.18. The summed E-state index contributed by atoms with van der Waals surface area (Å²) in [5.41, 5.74) is -1.89. The molecule has 0 bridgehead atoms. The third-order valence-electron chi connectivity index (χ3n) is 5.77. The van der Waals surface area contributed by atoms with Crippen molar-refractivity contribution in [2.75, 3.05) is 17.7 Å². The minimum Gasteiger partial charge on any atom is -0.369 e. The molecule has 0 spiro atoms. The smallest absolute Gasteiger partial charge is 0.322 e. The van der Waals surface area contributed by atoms with Crippen LogP contribution in [0.25, 0.3) is 0 Å². The molecular formula is C23H19F6N3O2S. The van der Waals surface area contributed by atoms with Crippen LogP contribution in [0, 0.1) is 11.7 Å². The van der Waals surface area contributed by atoms with E-state index in [2.05, 4.69) is 10.3 Å². The van der Waals surface area contributed by atoms with E-state index in [-0.39, 0.29) is 22.2 Å². The summed E-state index contributed by atoms with van der Waals surface area (Å²) in [6.07, 6.45) is -4.24. The molecule has 35 heavy (non-hydrogen) atoms. The highest BCUT2D eigenvalue weighted by molar-refractivity contribution is 8.13. The molecule has 12 heteroatoms. The fourth-order valence-corrected chi connectivity index (χ4v) is 5.36. The van der Waals surface area contributed by atoms with Crippen LogP contribution in [0.2, 0.25) is 0 Å². The Morgan fingerprint density at radius 3 is 2.51 bits per heavy atom. The minimum absolute atomic E-state index is 0.00747. The Morgan fingerprint density at radius 1 is 1.14 bits per heavy atom. The summed E-state index contributed by atoms with van der Waals surface area (Å²) in [6, 6.07) is 11.1. The molecule has 5 nitrogen and oxygen atoms in total. The molecule has 2 aromatic rings. The molecule has 2 aliphatic heterocycles. The number of hydrogen-bond acceptors (Lipinski definition) is 5. The molecule has 0 radical (unpaired) electrons. The Hall–Kier alpha value is -2.99. The van der Waals surface area contributed by atoms with Crippen molar-refractivity contribution in [1.29, 1.82) is 0 Å². The first kappa shape index (κ1) is 25.1. The maximum absolute atomic E-state index is 15.1. The molecule has 0 saturated carbocycles. The van der Waals surface area contributed by atoms with Gasteiger partial charge in [0.25, 0.3) is 17.8 Å². The maximum atomic E-state index is 15.1. The van der Waals surface area contributed by atoms with Crippen molar-refractivity contribution in [3.63, 3.8) is 0 Å². The lowest BCUT2D eigenvalue weighted by Crippen LogP contribution is -2.47. The number of fused-ring (bicyclic) bond motifs is 1. The number of carbonyl (C=O) groups is 1. The predicted molar refractivity (Wildman–Crippen MR) is 120 cm³/mol. The average molecular weight is 515 g/mol. The number of nitrogens with zero attached hydrogens (tertiary/aromatic N) is 1. The van der Waals surface area contributed by atoms with Crippen LogP contribution < -0.4 is 10.6 Å². The number of rotatable bonds is 5. The van der Waals surface area contributed by atoms with E-state index in [9.17, 15) is 26.7 Å². The highest BCUT2D eigenvalue weighted by Crippen LogP contribution is 2.52. The van der Waals surface area contributed by atoms with E-state index in [4.69, 9.17) is 4.74 Å². The van der Waals surface area contributed by atoms with Gasteiger partial charge in [0.15, 0.2) is 5.17 Å². The van der Waals surface area contributed by atoms with E-state index in [0.29, 0.717) is 12.5 Å². The van der Waals surface area contributed by atoms with Gasteiger partial charge in [0, 0.05) is 35.4 Å². The zero-order valence-corrected chi connectivity index (χ0v) is 18.9. The first-order chi connectivity index (χ1) is 16.5. The minimum atomic E-state index is -3.30. The Balaban J connectivity index is 1.77. The van der Waals surface area contributed by atoms with Crippen LogP contribution in [0.3, 0.4) is 0 Å². The van der Waals surface area contributed by atoms with E-state index >= 15 is 4.39 Å². The quantitative estimate of drug-likeness (QED) is 0.398. The average Bonchev–Trinajstić information content (AvgIpc) is 3.21. The van der Waals surface area contributed by atoms with Gasteiger partial charge in [-0.1, -0.05) is 30.0 Å². The number of hydrogen-bond donors (Lipinski definition) is 2. The number of benzene rings is 2. The van der Waals surface area contributed by atoms with E-state index in [1.807, 2.05) is 5.32 Å². The van der Waals surface area contributed by atoms with Gasteiger partial charge in [0.05, 0.1) is 6.61 Å². The lowest BCUT2D eigenvalue weighted by atomic mass is 9.77. The van der Waals surface area contributed by atoms with E-state index in [1.54, 1.807) is 30.3 Å². The number of aliphatic imine (C=N–C) groups is 1. The van der Waals surface area contributed by atoms with Crippen LogP contribution >= 0.6 is 11.8 Å². The number of thioether (sulfide) groups is 1. The molecule has 0 aromatic heterocycles. The van der Waals surface area contributed by atoms with Gasteiger partial charge in [-0.15, -0.1) is 0 Å². The number of ether oxygens (including phenoxy) is 1. The van der Waals surface area contributed by atoms with Crippen molar-refractivity contribution >= 4 is 28.5 Å². The lowest BCUT2D eigenvalue weighted by molar-refractivity contribution is -0.113. The van der Waals surface area contributed by atoms with Gasteiger partial charge in [0.1, 0.15) is 17.5 Å². The monoisotopic (exact) mass is 515 g/mol. The molecule has 3 atom stereocenters. The number of nitrogens with one attached hydrogen (secondary N) is 2. The van der Waals surface area contributed by atoms with Crippen LogP contribution in [0.4, 0.5) is 32.0 Å². The predicted octanol–water partition coefficient (Wildman–Crippen LogP) is 5.67. The van der Waals surface area contributed by atoms with Crippen molar-refractivity contribution in [2.24, 2.45) is 10.9 Å². The van der Waals surface area contributed by atoms with Gasteiger partial charge in [-0.3, -0.25) is 4.79 Å². The normalized spacial score (nSPS) is 23.8. The Kier molecular flexibility index (Phi) is 6.87. The van der Waals surface area contributed by atoms with Crippen molar-refractivity contribution in [3.8, 4) is 0 Å². The zero-order chi connectivity index (χ0) is 25.4.